The normalized spacial score (nSPS) is 1.71. The number of hydrogen-bond donors (Lipinski definition) is 2. The molecule has 7 heavy (non-hydrogen) atoms. The van der Waals surface area contributed by atoms with Crippen molar-refractivity contribution < 1.29 is 14.9 Å². The van der Waals surface area contributed by atoms with Crippen molar-refractivity contribution in [2.24, 2.45) is 0 Å². The van der Waals surface area contributed by atoms with Crippen molar-refractivity contribution in [3.05, 3.63) is 0 Å². The predicted molar refractivity (Wildman–Crippen MR) is 42.7 cm³/mol. The molecule has 0 aromatic carbocycles. The summed E-state index contributed by atoms with van der Waals surface area (Å²) in [4.78, 5) is 0. The molecule has 0 amide bonds. The van der Waals surface area contributed by atoms with Crippen LogP contribution in [-0.4, -0.2) is 0 Å². The van der Waals surface area contributed by atoms with Gasteiger partial charge in [0.05, 0.1) is 0 Å². The first-order valence-corrected chi connectivity index (χ1v) is 8.19. The molecular weight excluding hydrogens is 340 g/mol. The van der Waals surface area contributed by atoms with Gasteiger partial charge in [-0.15, -0.1) is 0 Å². The van der Waals surface area contributed by atoms with Crippen molar-refractivity contribution >= 4 is 46.6 Å². The Kier molecular flexibility index (Phi) is 249. The van der Waals surface area contributed by atoms with E-state index in [0.717, 1.165) is 0 Å². The number of thiol groups is 2. The maximum absolute atomic E-state index is 4.38. The first kappa shape index (κ1) is 37.4. The third-order valence-electron chi connectivity index (χ3n) is 0. The molecule has 6 N–H and O–H groups in total. The summed E-state index contributed by atoms with van der Waals surface area (Å²) in [7, 11) is 8.75. The molecule has 0 aliphatic rings. The topological polar surface area (TPSA) is 70.0 Å². The number of hydrogen-bond acceptors (Lipinski definition) is 6. The Balaban J connectivity index is -0.00000000333. The average molecular weight is 348 g/mol. The van der Waals surface area contributed by atoms with Crippen LogP contribution >= 0.6 is 19.6 Å². The standard InChI is InChI=1S/2H3N.2H2S.2S.W/h2*1H3;2*1H2;;;/p-2. The van der Waals surface area contributed by atoms with Crippen LogP contribution in [0, 0.1) is 0 Å². The maximum atomic E-state index is 4.38. The van der Waals surface area contributed by atoms with Crippen molar-refractivity contribution in [3.63, 3.8) is 0 Å². The van der Waals surface area contributed by atoms with Gasteiger partial charge in [-0.05, 0) is 0 Å². The van der Waals surface area contributed by atoms with E-state index in [9.17, 15) is 0 Å². The SMILES string of the molecule is N.N.[SH-].[SH-].[S]=[W]=[S]. The number of rotatable bonds is 0. The van der Waals surface area contributed by atoms with Crippen LogP contribution in [0.1, 0.15) is 0 Å². The molecule has 50 valence electrons. The molecule has 0 radical (unpaired) electrons. The minimum absolute atomic E-state index is 0. The fraction of sp³-hybridized carbons (Fsp3) is 0. The molecule has 0 spiro atoms. The van der Waals surface area contributed by atoms with Crippen LogP contribution in [0.15, 0.2) is 0 Å². The molecule has 0 atom stereocenters. The van der Waals surface area contributed by atoms with Crippen molar-refractivity contribution in [3.8, 4) is 0 Å². The molecule has 0 unspecified atom stereocenters. The second-order valence-corrected chi connectivity index (χ2v) is 5.01. The molecule has 0 bridgehead atoms. The van der Waals surface area contributed by atoms with Gasteiger partial charge < -0.3 is 39.3 Å². The summed E-state index contributed by atoms with van der Waals surface area (Å²) in [6, 6.07) is 0. The van der Waals surface area contributed by atoms with E-state index in [2.05, 4.69) is 19.6 Å². The van der Waals surface area contributed by atoms with Crippen LogP contribution in [0.4, 0.5) is 0 Å². The molecular formula is H8N2S4W-2. The second-order valence-electron chi connectivity index (χ2n) is 0.0680. The van der Waals surface area contributed by atoms with Crippen LogP contribution in [0.5, 0.6) is 0 Å². The Morgan fingerprint density at radius 1 is 0.857 bits per heavy atom. The van der Waals surface area contributed by atoms with Gasteiger partial charge in [-0.2, -0.15) is 0 Å². The van der Waals surface area contributed by atoms with E-state index < -0.39 is 14.9 Å². The summed E-state index contributed by atoms with van der Waals surface area (Å²) in [6.45, 7) is 0. The fourth-order valence-electron chi connectivity index (χ4n) is 0. The molecule has 0 heterocycles. The third-order valence-corrected chi connectivity index (χ3v) is 0. The van der Waals surface area contributed by atoms with Crippen LogP contribution in [0.25, 0.3) is 0 Å². The summed E-state index contributed by atoms with van der Waals surface area (Å²) in [5.41, 5.74) is 0. The Labute approximate surface area is 73.3 Å². The van der Waals surface area contributed by atoms with Crippen LogP contribution in [0.3, 0.4) is 0 Å². The van der Waals surface area contributed by atoms with Crippen molar-refractivity contribution in [1.82, 2.24) is 12.3 Å². The van der Waals surface area contributed by atoms with E-state index in [-0.39, 0.29) is 39.3 Å². The van der Waals surface area contributed by atoms with Crippen LogP contribution in [0.2, 0.25) is 0 Å². The zero-order valence-electron chi connectivity index (χ0n) is 3.53. The van der Waals surface area contributed by atoms with Gasteiger partial charge in [0.25, 0.3) is 0 Å². The van der Waals surface area contributed by atoms with Gasteiger partial charge in [-0.3, -0.25) is 0 Å². The molecule has 0 saturated heterocycles. The minimum atomic E-state index is -0.583. The van der Waals surface area contributed by atoms with Gasteiger partial charge in [0.1, 0.15) is 0 Å². The first-order valence-electron chi connectivity index (χ1n) is 0.333. The molecule has 0 fully saturated rings. The van der Waals surface area contributed by atoms with E-state index in [4.69, 9.17) is 0 Å². The molecule has 2 nitrogen and oxygen atoms in total. The van der Waals surface area contributed by atoms with E-state index >= 15 is 0 Å². The Morgan fingerprint density at radius 2 is 0.857 bits per heavy atom. The van der Waals surface area contributed by atoms with Crippen molar-refractivity contribution in [1.29, 1.82) is 0 Å². The van der Waals surface area contributed by atoms with Crippen LogP contribution in [-0.2, 0) is 41.9 Å². The Bertz CT molecular complexity index is 30.7. The van der Waals surface area contributed by atoms with Gasteiger partial charge >= 0.3 is 34.6 Å². The monoisotopic (exact) mass is 348 g/mol. The molecule has 0 aliphatic heterocycles. The van der Waals surface area contributed by atoms with Gasteiger partial charge in [0.2, 0.25) is 0 Å². The molecule has 7 heteroatoms. The zero-order valence-corrected chi connectivity index (χ0v) is 9.89. The first-order chi connectivity index (χ1) is 1.41. The Morgan fingerprint density at radius 3 is 0.857 bits per heavy atom. The quantitative estimate of drug-likeness (QED) is 0.504. The summed E-state index contributed by atoms with van der Waals surface area (Å²) < 4.78 is 0. The fourth-order valence-corrected chi connectivity index (χ4v) is 0. The second kappa shape index (κ2) is 46.7. The van der Waals surface area contributed by atoms with E-state index in [1.165, 1.54) is 0 Å². The van der Waals surface area contributed by atoms with Crippen molar-refractivity contribution in [2.75, 3.05) is 0 Å². The molecule has 0 aromatic rings. The molecule has 0 aromatic heterocycles. The van der Waals surface area contributed by atoms with Gasteiger partial charge in [-0.25, -0.2) is 0 Å². The van der Waals surface area contributed by atoms with E-state index in [1.54, 1.807) is 0 Å². The molecule has 0 saturated carbocycles. The predicted octanol–water partition coefficient (Wildman–Crippen LogP) is 1.08. The summed E-state index contributed by atoms with van der Waals surface area (Å²) in [5.74, 6) is 0. The third kappa shape index (κ3) is 83.8. The molecule has 0 aliphatic carbocycles. The van der Waals surface area contributed by atoms with Gasteiger partial charge in [-0.1, -0.05) is 0 Å². The summed E-state index contributed by atoms with van der Waals surface area (Å²) in [5, 5.41) is 0. The van der Waals surface area contributed by atoms with Crippen LogP contribution < -0.4 is 12.3 Å². The van der Waals surface area contributed by atoms with Gasteiger partial charge in [0.15, 0.2) is 0 Å². The van der Waals surface area contributed by atoms with Gasteiger partial charge in [0, 0.05) is 0 Å². The zero-order chi connectivity index (χ0) is 2.71. The average Bonchev–Trinajstić information content (AvgIpc) is 0.918. The summed E-state index contributed by atoms with van der Waals surface area (Å²) in [6.07, 6.45) is 0. The Hall–Kier alpha value is 1.75. The van der Waals surface area contributed by atoms with E-state index in [1.807, 2.05) is 0 Å². The van der Waals surface area contributed by atoms with E-state index in [0.29, 0.717) is 0 Å². The summed E-state index contributed by atoms with van der Waals surface area (Å²) >= 11 is -0.583. The molecule has 0 rings (SSSR count). The van der Waals surface area contributed by atoms with Crippen molar-refractivity contribution in [2.45, 2.75) is 0 Å².